The molecule has 2 aromatic carbocycles. The SMILES string of the molecule is Cc1ccc(C(=O)N(C)Cc2nc3ccccc3s2)cc1[N+](=O)[O-]. The number of benzene rings is 2. The van der Waals surface area contributed by atoms with E-state index in [1.807, 2.05) is 24.3 Å². The Labute approximate surface area is 142 Å². The second kappa shape index (κ2) is 6.37. The molecule has 7 heteroatoms. The van der Waals surface area contributed by atoms with Gasteiger partial charge >= 0.3 is 0 Å². The van der Waals surface area contributed by atoms with Crippen LogP contribution in [0.4, 0.5) is 5.69 Å². The first kappa shape index (κ1) is 16.1. The average Bonchev–Trinajstić information content (AvgIpc) is 2.96. The van der Waals surface area contributed by atoms with Crippen LogP contribution in [0.25, 0.3) is 10.2 Å². The van der Waals surface area contributed by atoms with Crippen molar-refractivity contribution in [2.75, 3.05) is 7.05 Å². The minimum Gasteiger partial charge on any atom is -0.335 e. The molecule has 0 aliphatic heterocycles. The highest BCUT2D eigenvalue weighted by Gasteiger charge is 2.18. The smallest absolute Gasteiger partial charge is 0.273 e. The average molecular weight is 341 g/mol. The van der Waals surface area contributed by atoms with Gasteiger partial charge in [-0.25, -0.2) is 4.98 Å². The zero-order valence-electron chi connectivity index (χ0n) is 13.2. The summed E-state index contributed by atoms with van der Waals surface area (Å²) in [6, 6.07) is 12.3. The number of aromatic nitrogens is 1. The first-order chi connectivity index (χ1) is 11.5. The van der Waals surface area contributed by atoms with Crippen LogP contribution in [0.2, 0.25) is 0 Å². The lowest BCUT2D eigenvalue weighted by Gasteiger charge is -2.15. The van der Waals surface area contributed by atoms with Crippen LogP contribution < -0.4 is 0 Å². The molecule has 0 unspecified atom stereocenters. The molecule has 0 aliphatic carbocycles. The maximum atomic E-state index is 12.5. The molecule has 1 heterocycles. The highest BCUT2D eigenvalue weighted by molar-refractivity contribution is 7.18. The van der Waals surface area contributed by atoms with E-state index in [-0.39, 0.29) is 11.6 Å². The molecule has 1 amide bonds. The van der Waals surface area contributed by atoms with Gasteiger partial charge in [0.2, 0.25) is 0 Å². The van der Waals surface area contributed by atoms with Crippen LogP contribution in [0.15, 0.2) is 42.5 Å². The number of carbonyl (C=O) groups excluding carboxylic acids is 1. The molecule has 0 saturated carbocycles. The zero-order valence-corrected chi connectivity index (χ0v) is 14.0. The van der Waals surface area contributed by atoms with Crippen LogP contribution in [-0.2, 0) is 6.54 Å². The Kier molecular flexibility index (Phi) is 4.26. The summed E-state index contributed by atoms with van der Waals surface area (Å²) in [6.07, 6.45) is 0. The monoisotopic (exact) mass is 341 g/mol. The van der Waals surface area contributed by atoms with E-state index >= 15 is 0 Å². The molecule has 3 rings (SSSR count). The Morgan fingerprint density at radius 3 is 2.75 bits per heavy atom. The lowest BCUT2D eigenvalue weighted by Crippen LogP contribution is -2.26. The van der Waals surface area contributed by atoms with Gasteiger partial charge in [0.05, 0.1) is 21.7 Å². The summed E-state index contributed by atoms with van der Waals surface area (Å²) < 4.78 is 1.07. The summed E-state index contributed by atoms with van der Waals surface area (Å²) in [5.74, 6) is -0.266. The van der Waals surface area contributed by atoms with Gasteiger partial charge in [-0.2, -0.15) is 0 Å². The number of nitrogens with zero attached hydrogens (tertiary/aromatic N) is 3. The van der Waals surface area contributed by atoms with Gasteiger partial charge in [0.25, 0.3) is 11.6 Å². The molecule has 0 N–H and O–H groups in total. The number of para-hydroxylation sites is 1. The standard InChI is InChI=1S/C17H15N3O3S/c1-11-7-8-12(9-14(11)20(22)23)17(21)19(2)10-16-18-13-5-3-4-6-15(13)24-16/h3-9H,10H2,1-2H3. The fourth-order valence-electron chi connectivity index (χ4n) is 2.42. The third-order valence-electron chi connectivity index (χ3n) is 3.71. The number of aryl methyl sites for hydroxylation is 1. The number of nitro groups is 1. The molecule has 122 valence electrons. The summed E-state index contributed by atoms with van der Waals surface area (Å²) in [5, 5.41) is 11.9. The molecule has 0 saturated heterocycles. The Bertz CT molecular complexity index is 903. The van der Waals surface area contributed by atoms with E-state index in [0.717, 1.165) is 15.2 Å². The molecule has 24 heavy (non-hydrogen) atoms. The number of hydrogen-bond acceptors (Lipinski definition) is 5. The number of amides is 1. The summed E-state index contributed by atoms with van der Waals surface area (Å²) in [5.41, 5.74) is 1.69. The van der Waals surface area contributed by atoms with E-state index < -0.39 is 4.92 Å². The number of carbonyl (C=O) groups is 1. The maximum absolute atomic E-state index is 12.5. The molecular weight excluding hydrogens is 326 g/mol. The minimum atomic E-state index is -0.473. The van der Waals surface area contributed by atoms with E-state index in [4.69, 9.17) is 0 Å². The number of hydrogen-bond donors (Lipinski definition) is 0. The zero-order chi connectivity index (χ0) is 17.3. The summed E-state index contributed by atoms with van der Waals surface area (Å²) >= 11 is 1.54. The van der Waals surface area contributed by atoms with Gasteiger partial charge in [0, 0.05) is 24.2 Å². The molecule has 1 aromatic heterocycles. The number of fused-ring (bicyclic) bond motifs is 1. The predicted molar refractivity (Wildman–Crippen MR) is 93.3 cm³/mol. The molecule has 0 atom stereocenters. The van der Waals surface area contributed by atoms with Crippen molar-refractivity contribution in [3.05, 3.63) is 68.7 Å². The fourth-order valence-corrected chi connectivity index (χ4v) is 3.44. The molecule has 0 aliphatic rings. The van der Waals surface area contributed by atoms with E-state index in [1.165, 1.54) is 22.3 Å². The van der Waals surface area contributed by atoms with Gasteiger partial charge in [-0.15, -0.1) is 11.3 Å². The van der Waals surface area contributed by atoms with Gasteiger partial charge in [0.15, 0.2) is 0 Å². The van der Waals surface area contributed by atoms with E-state index in [0.29, 0.717) is 17.7 Å². The molecule has 6 nitrogen and oxygen atoms in total. The van der Waals surface area contributed by atoms with Gasteiger partial charge in [-0.05, 0) is 25.1 Å². The second-order valence-corrected chi connectivity index (χ2v) is 6.61. The highest BCUT2D eigenvalue weighted by atomic mass is 32.1. The summed E-state index contributed by atoms with van der Waals surface area (Å²) in [6.45, 7) is 2.01. The van der Waals surface area contributed by atoms with Crippen molar-refractivity contribution in [3.8, 4) is 0 Å². The second-order valence-electron chi connectivity index (χ2n) is 5.49. The number of nitro benzene ring substituents is 1. The van der Waals surface area contributed by atoms with Crippen LogP contribution >= 0.6 is 11.3 Å². The normalized spacial score (nSPS) is 10.8. The molecular formula is C17H15N3O3S. The maximum Gasteiger partial charge on any atom is 0.273 e. The quantitative estimate of drug-likeness (QED) is 0.534. The van der Waals surface area contributed by atoms with Crippen molar-refractivity contribution in [2.45, 2.75) is 13.5 Å². The van der Waals surface area contributed by atoms with Crippen molar-refractivity contribution in [3.63, 3.8) is 0 Å². The topological polar surface area (TPSA) is 76.3 Å². The first-order valence-corrected chi connectivity index (χ1v) is 8.12. The van der Waals surface area contributed by atoms with Gasteiger partial charge < -0.3 is 4.90 Å². The Balaban J connectivity index is 1.81. The van der Waals surface area contributed by atoms with E-state index in [9.17, 15) is 14.9 Å². The lowest BCUT2D eigenvalue weighted by molar-refractivity contribution is -0.385. The largest absolute Gasteiger partial charge is 0.335 e. The number of rotatable bonds is 4. The molecule has 0 bridgehead atoms. The lowest BCUT2D eigenvalue weighted by atomic mass is 10.1. The van der Waals surface area contributed by atoms with Crippen molar-refractivity contribution < 1.29 is 9.72 Å². The van der Waals surface area contributed by atoms with Crippen molar-refractivity contribution >= 4 is 33.1 Å². The Morgan fingerprint density at radius 1 is 1.29 bits per heavy atom. The molecule has 3 aromatic rings. The highest BCUT2D eigenvalue weighted by Crippen LogP contribution is 2.24. The third-order valence-corrected chi connectivity index (χ3v) is 4.73. The first-order valence-electron chi connectivity index (χ1n) is 7.30. The Hall–Kier alpha value is -2.80. The van der Waals surface area contributed by atoms with Crippen LogP contribution in [0.5, 0.6) is 0 Å². The van der Waals surface area contributed by atoms with Crippen molar-refractivity contribution in [1.82, 2.24) is 9.88 Å². The van der Waals surface area contributed by atoms with Crippen LogP contribution in [0.1, 0.15) is 20.9 Å². The fraction of sp³-hybridized carbons (Fsp3) is 0.176. The summed E-state index contributed by atoms with van der Waals surface area (Å²) in [4.78, 5) is 29.1. The number of thiazole rings is 1. The van der Waals surface area contributed by atoms with Crippen LogP contribution in [-0.4, -0.2) is 27.8 Å². The van der Waals surface area contributed by atoms with Crippen molar-refractivity contribution in [2.24, 2.45) is 0 Å². The van der Waals surface area contributed by atoms with E-state index in [2.05, 4.69) is 4.98 Å². The van der Waals surface area contributed by atoms with Gasteiger partial charge in [-0.3, -0.25) is 14.9 Å². The van der Waals surface area contributed by atoms with Gasteiger partial charge in [-0.1, -0.05) is 18.2 Å². The predicted octanol–water partition coefficient (Wildman–Crippen LogP) is 3.79. The van der Waals surface area contributed by atoms with Crippen LogP contribution in [0.3, 0.4) is 0 Å². The van der Waals surface area contributed by atoms with E-state index in [1.54, 1.807) is 26.1 Å². The molecule has 0 fully saturated rings. The van der Waals surface area contributed by atoms with Crippen LogP contribution in [0, 0.1) is 17.0 Å². The van der Waals surface area contributed by atoms with Crippen molar-refractivity contribution in [1.29, 1.82) is 0 Å². The Morgan fingerprint density at radius 2 is 2.04 bits per heavy atom. The third kappa shape index (κ3) is 3.11. The summed E-state index contributed by atoms with van der Waals surface area (Å²) in [7, 11) is 1.67. The van der Waals surface area contributed by atoms with Gasteiger partial charge in [0.1, 0.15) is 5.01 Å². The minimum absolute atomic E-state index is 0.0470. The molecule has 0 spiro atoms. The molecule has 0 radical (unpaired) electrons.